The lowest BCUT2D eigenvalue weighted by molar-refractivity contribution is 0.119. The summed E-state index contributed by atoms with van der Waals surface area (Å²) in [6.07, 6.45) is 0.0949. The molecule has 0 aliphatic heterocycles. The van der Waals surface area contributed by atoms with Crippen molar-refractivity contribution in [3.8, 4) is 0 Å². The fourth-order valence-corrected chi connectivity index (χ4v) is 2.57. The molecule has 0 bridgehead atoms. The predicted molar refractivity (Wildman–Crippen MR) is 89.9 cm³/mol. The van der Waals surface area contributed by atoms with Gasteiger partial charge in [0, 0.05) is 19.8 Å². The largest absolute Gasteiger partial charge is 0.378 e. The zero-order valence-electron chi connectivity index (χ0n) is 13.2. The summed E-state index contributed by atoms with van der Waals surface area (Å²) in [6, 6.07) is 16.5. The second kappa shape index (κ2) is 6.20. The van der Waals surface area contributed by atoms with Crippen molar-refractivity contribution in [1.82, 2.24) is 9.55 Å². The van der Waals surface area contributed by atoms with Gasteiger partial charge < -0.3 is 14.6 Å². The molecule has 1 N–H and O–H groups in total. The third kappa shape index (κ3) is 2.83. The molecule has 0 aliphatic rings. The number of aryl methyl sites for hydroxylation is 1. The van der Waals surface area contributed by atoms with Gasteiger partial charge in [-0.05, 0) is 36.8 Å². The average molecular weight is 295 g/mol. The summed E-state index contributed by atoms with van der Waals surface area (Å²) in [5.41, 5.74) is 4.43. The first kappa shape index (κ1) is 14.6. The normalized spacial score (nSPS) is 12.5. The van der Waals surface area contributed by atoms with Gasteiger partial charge in [0.2, 0.25) is 0 Å². The van der Waals surface area contributed by atoms with Crippen LogP contribution in [0.4, 0.5) is 5.69 Å². The zero-order valence-corrected chi connectivity index (χ0v) is 13.2. The minimum Gasteiger partial charge on any atom is -0.378 e. The number of nitrogens with one attached hydrogen (secondary N) is 1. The Morgan fingerprint density at radius 2 is 2.00 bits per heavy atom. The van der Waals surface area contributed by atoms with E-state index in [2.05, 4.69) is 46.2 Å². The molecule has 0 spiro atoms. The fourth-order valence-electron chi connectivity index (χ4n) is 2.57. The van der Waals surface area contributed by atoms with E-state index in [1.807, 2.05) is 31.2 Å². The SMILES string of the molecule is CO[C@@H](C)c1cccc(NCc2nc3ccccc3n2C)c1. The summed E-state index contributed by atoms with van der Waals surface area (Å²) in [5, 5.41) is 3.44. The topological polar surface area (TPSA) is 39.1 Å². The Morgan fingerprint density at radius 3 is 2.77 bits per heavy atom. The maximum Gasteiger partial charge on any atom is 0.128 e. The highest BCUT2D eigenvalue weighted by molar-refractivity contribution is 5.75. The summed E-state index contributed by atoms with van der Waals surface area (Å²) in [5.74, 6) is 1.02. The number of hydrogen-bond donors (Lipinski definition) is 1. The highest BCUT2D eigenvalue weighted by Gasteiger charge is 2.08. The molecule has 3 aromatic rings. The lowest BCUT2D eigenvalue weighted by Crippen LogP contribution is -2.06. The van der Waals surface area contributed by atoms with Crippen molar-refractivity contribution >= 4 is 16.7 Å². The van der Waals surface area contributed by atoms with E-state index in [0.29, 0.717) is 6.54 Å². The second-order valence-corrected chi connectivity index (χ2v) is 5.43. The van der Waals surface area contributed by atoms with E-state index < -0.39 is 0 Å². The minimum atomic E-state index is 0.0949. The molecule has 3 rings (SSSR count). The van der Waals surface area contributed by atoms with Crippen LogP contribution in [0.3, 0.4) is 0 Å². The Hall–Kier alpha value is -2.33. The van der Waals surface area contributed by atoms with E-state index in [0.717, 1.165) is 28.1 Å². The van der Waals surface area contributed by atoms with Crippen molar-refractivity contribution in [2.75, 3.05) is 12.4 Å². The Kier molecular flexibility index (Phi) is 4.11. The van der Waals surface area contributed by atoms with Gasteiger partial charge in [0.1, 0.15) is 5.82 Å². The van der Waals surface area contributed by atoms with Crippen LogP contribution < -0.4 is 5.32 Å². The van der Waals surface area contributed by atoms with Gasteiger partial charge in [-0.1, -0.05) is 24.3 Å². The van der Waals surface area contributed by atoms with E-state index in [1.165, 1.54) is 0 Å². The number of imidazole rings is 1. The second-order valence-electron chi connectivity index (χ2n) is 5.43. The van der Waals surface area contributed by atoms with E-state index >= 15 is 0 Å². The average Bonchev–Trinajstić information content (AvgIpc) is 2.89. The number of methoxy groups -OCH3 is 1. The summed E-state index contributed by atoms with van der Waals surface area (Å²) in [6.45, 7) is 2.74. The fraction of sp³-hybridized carbons (Fsp3) is 0.278. The van der Waals surface area contributed by atoms with Crippen LogP contribution in [0.1, 0.15) is 24.4 Å². The van der Waals surface area contributed by atoms with Gasteiger partial charge in [0.15, 0.2) is 0 Å². The van der Waals surface area contributed by atoms with Gasteiger partial charge in [-0.3, -0.25) is 0 Å². The van der Waals surface area contributed by atoms with Crippen LogP contribution in [0.5, 0.6) is 0 Å². The van der Waals surface area contributed by atoms with Crippen molar-refractivity contribution in [2.24, 2.45) is 7.05 Å². The first-order valence-corrected chi connectivity index (χ1v) is 7.46. The Morgan fingerprint density at radius 1 is 1.18 bits per heavy atom. The molecule has 2 aromatic carbocycles. The summed E-state index contributed by atoms with van der Waals surface area (Å²) in [7, 11) is 3.78. The molecule has 1 aromatic heterocycles. The molecule has 0 unspecified atom stereocenters. The standard InChI is InChI=1S/C18H21N3O/c1-13(22-3)14-7-6-8-15(11-14)19-12-18-20-16-9-4-5-10-17(16)21(18)2/h4-11,13,19H,12H2,1-3H3/t13-/m0/s1. The highest BCUT2D eigenvalue weighted by atomic mass is 16.5. The smallest absolute Gasteiger partial charge is 0.128 e. The number of fused-ring (bicyclic) bond motifs is 1. The Labute approximate surface area is 130 Å². The maximum atomic E-state index is 5.37. The minimum absolute atomic E-state index is 0.0949. The number of nitrogens with zero attached hydrogens (tertiary/aromatic N) is 2. The van der Waals surface area contributed by atoms with Crippen LogP contribution >= 0.6 is 0 Å². The number of benzene rings is 2. The molecule has 1 heterocycles. The number of ether oxygens (including phenoxy) is 1. The summed E-state index contributed by atoms with van der Waals surface area (Å²) < 4.78 is 7.50. The molecule has 0 amide bonds. The van der Waals surface area contributed by atoms with Crippen molar-refractivity contribution in [1.29, 1.82) is 0 Å². The van der Waals surface area contributed by atoms with Gasteiger partial charge in [-0.15, -0.1) is 0 Å². The number of rotatable bonds is 5. The molecule has 0 fully saturated rings. The quantitative estimate of drug-likeness (QED) is 0.776. The molecule has 1 atom stereocenters. The lowest BCUT2D eigenvalue weighted by atomic mass is 10.1. The maximum absolute atomic E-state index is 5.37. The van der Waals surface area contributed by atoms with Crippen molar-refractivity contribution in [3.63, 3.8) is 0 Å². The van der Waals surface area contributed by atoms with Crippen molar-refractivity contribution in [3.05, 3.63) is 59.9 Å². The third-order valence-electron chi connectivity index (χ3n) is 4.04. The van der Waals surface area contributed by atoms with Gasteiger partial charge in [-0.2, -0.15) is 0 Å². The molecule has 4 nitrogen and oxygen atoms in total. The van der Waals surface area contributed by atoms with Crippen molar-refractivity contribution in [2.45, 2.75) is 19.6 Å². The molecule has 0 saturated carbocycles. The number of aromatic nitrogens is 2. The lowest BCUT2D eigenvalue weighted by Gasteiger charge is -2.12. The predicted octanol–water partition coefficient (Wildman–Crippen LogP) is 3.89. The van der Waals surface area contributed by atoms with Crippen molar-refractivity contribution < 1.29 is 4.74 Å². The first-order valence-electron chi connectivity index (χ1n) is 7.46. The zero-order chi connectivity index (χ0) is 15.5. The summed E-state index contributed by atoms with van der Waals surface area (Å²) in [4.78, 5) is 4.68. The summed E-state index contributed by atoms with van der Waals surface area (Å²) >= 11 is 0. The van der Waals surface area contributed by atoms with Crippen LogP contribution in [0, 0.1) is 0 Å². The van der Waals surface area contributed by atoms with E-state index in [4.69, 9.17) is 4.74 Å². The Bertz CT molecular complexity index is 779. The van der Waals surface area contributed by atoms with Gasteiger partial charge in [0.05, 0.1) is 23.7 Å². The molecular formula is C18H21N3O. The number of hydrogen-bond acceptors (Lipinski definition) is 3. The van der Waals surface area contributed by atoms with Gasteiger partial charge in [0.25, 0.3) is 0 Å². The van der Waals surface area contributed by atoms with E-state index in [9.17, 15) is 0 Å². The highest BCUT2D eigenvalue weighted by Crippen LogP contribution is 2.20. The first-order chi connectivity index (χ1) is 10.7. The van der Waals surface area contributed by atoms with E-state index in [-0.39, 0.29) is 6.10 Å². The van der Waals surface area contributed by atoms with Crippen LogP contribution in [0.25, 0.3) is 11.0 Å². The molecule has 114 valence electrons. The van der Waals surface area contributed by atoms with Gasteiger partial charge in [-0.25, -0.2) is 4.98 Å². The van der Waals surface area contributed by atoms with Crippen LogP contribution in [-0.4, -0.2) is 16.7 Å². The number of para-hydroxylation sites is 2. The monoisotopic (exact) mass is 295 g/mol. The number of anilines is 1. The third-order valence-corrected chi connectivity index (χ3v) is 4.04. The van der Waals surface area contributed by atoms with Crippen LogP contribution in [0.15, 0.2) is 48.5 Å². The van der Waals surface area contributed by atoms with E-state index in [1.54, 1.807) is 7.11 Å². The molecule has 0 aliphatic carbocycles. The molecular weight excluding hydrogens is 274 g/mol. The molecule has 4 heteroatoms. The molecule has 0 radical (unpaired) electrons. The molecule has 22 heavy (non-hydrogen) atoms. The van der Waals surface area contributed by atoms with Crippen LogP contribution in [0.2, 0.25) is 0 Å². The van der Waals surface area contributed by atoms with Crippen LogP contribution in [-0.2, 0) is 18.3 Å². The Balaban J connectivity index is 1.78. The molecule has 0 saturated heterocycles. The van der Waals surface area contributed by atoms with Gasteiger partial charge >= 0.3 is 0 Å².